The van der Waals surface area contributed by atoms with Gasteiger partial charge >= 0.3 is 0 Å². The maximum absolute atomic E-state index is 13.5. The molecule has 1 amide bonds. The van der Waals surface area contributed by atoms with Crippen LogP contribution in [0.25, 0.3) is 0 Å². The fourth-order valence-corrected chi connectivity index (χ4v) is 8.34. The topological polar surface area (TPSA) is 80.3 Å². The van der Waals surface area contributed by atoms with Crippen molar-refractivity contribution in [2.75, 3.05) is 80.5 Å². The number of amides is 1. The van der Waals surface area contributed by atoms with Crippen molar-refractivity contribution in [2.24, 2.45) is 5.92 Å². The van der Waals surface area contributed by atoms with Crippen LogP contribution in [-0.4, -0.2) is 104 Å². The molecule has 1 aromatic carbocycles. The second-order valence-electron chi connectivity index (χ2n) is 13.3. The van der Waals surface area contributed by atoms with Gasteiger partial charge in [0.2, 0.25) is 11.9 Å². The summed E-state index contributed by atoms with van der Waals surface area (Å²) in [6, 6.07) is 7.76. The fourth-order valence-electron chi connectivity index (χ4n) is 8.34. The highest BCUT2D eigenvalue weighted by molar-refractivity contribution is 5.99. The van der Waals surface area contributed by atoms with Gasteiger partial charge in [0.1, 0.15) is 11.4 Å². The van der Waals surface area contributed by atoms with E-state index in [0.29, 0.717) is 18.0 Å². The Hall–Kier alpha value is -3.11. The van der Waals surface area contributed by atoms with Gasteiger partial charge in [-0.3, -0.25) is 9.69 Å². The van der Waals surface area contributed by atoms with Crippen LogP contribution in [-0.2, 0) is 4.79 Å². The van der Waals surface area contributed by atoms with Crippen molar-refractivity contribution < 1.29 is 9.53 Å². The zero-order valence-electron chi connectivity index (χ0n) is 26.2. The molecule has 2 saturated heterocycles. The number of anilines is 5. The number of nitrogens with zero attached hydrogens (tertiary/aromatic N) is 7. The van der Waals surface area contributed by atoms with Crippen LogP contribution in [0.15, 0.2) is 24.4 Å². The van der Waals surface area contributed by atoms with Crippen LogP contribution in [0.5, 0.6) is 5.75 Å². The van der Waals surface area contributed by atoms with Gasteiger partial charge in [0.15, 0.2) is 5.82 Å². The van der Waals surface area contributed by atoms with Crippen molar-refractivity contribution in [1.29, 1.82) is 0 Å². The summed E-state index contributed by atoms with van der Waals surface area (Å²) >= 11 is 0. The lowest BCUT2D eigenvalue weighted by molar-refractivity contribution is -0.122. The molecule has 2 aromatic rings. The maximum atomic E-state index is 13.5. The third kappa shape index (κ3) is 5.52. The molecular weight excluding hydrogens is 540 g/mol. The molecule has 1 N–H and O–H groups in total. The van der Waals surface area contributed by atoms with E-state index in [9.17, 15) is 4.79 Å². The number of fused-ring (bicyclic) bond motifs is 2. The number of ether oxygens (including phenoxy) is 1. The zero-order chi connectivity index (χ0) is 29.5. The molecule has 10 heteroatoms. The summed E-state index contributed by atoms with van der Waals surface area (Å²) in [5.74, 6) is 2.47. The molecular formula is C33H48N8O2. The fraction of sp³-hybridized carbons (Fsp3) is 0.667. The number of hydrogen-bond acceptors (Lipinski definition) is 9. The van der Waals surface area contributed by atoms with E-state index in [4.69, 9.17) is 14.7 Å². The van der Waals surface area contributed by atoms with Crippen LogP contribution >= 0.6 is 0 Å². The highest BCUT2D eigenvalue weighted by Gasteiger charge is 2.46. The zero-order valence-corrected chi connectivity index (χ0v) is 26.2. The van der Waals surface area contributed by atoms with Crippen LogP contribution in [0.4, 0.5) is 28.8 Å². The Labute approximate surface area is 256 Å². The minimum atomic E-state index is 0.0375. The summed E-state index contributed by atoms with van der Waals surface area (Å²) in [5.41, 5.74) is 2.86. The molecule has 1 aromatic heterocycles. The SMILES string of the molecule is COc1cc(N2CCC(N3CCN(C)CC3)CC2)ccc1Nc1ncc2c(n1)N(C1CCCC1)C1CCCC1C(=O)N2C. The van der Waals surface area contributed by atoms with Crippen LogP contribution in [0.1, 0.15) is 57.8 Å². The molecule has 2 aliphatic carbocycles. The second kappa shape index (κ2) is 12.1. The van der Waals surface area contributed by atoms with E-state index >= 15 is 0 Å². The van der Waals surface area contributed by atoms with Gasteiger partial charge in [-0.05, 0) is 57.7 Å². The van der Waals surface area contributed by atoms with Crippen LogP contribution < -0.4 is 24.8 Å². The molecule has 3 aliphatic heterocycles. The summed E-state index contributed by atoms with van der Waals surface area (Å²) < 4.78 is 5.88. The Balaban J connectivity index is 1.10. The number of hydrogen-bond donors (Lipinski definition) is 1. The molecule has 43 heavy (non-hydrogen) atoms. The molecule has 7 rings (SSSR count). The first-order chi connectivity index (χ1) is 21.0. The largest absolute Gasteiger partial charge is 0.494 e. The summed E-state index contributed by atoms with van der Waals surface area (Å²) in [5, 5.41) is 3.47. The molecule has 5 aliphatic rings. The third-order valence-corrected chi connectivity index (χ3v) is 10.9. The Morgan fingerprint density at radius 1 is 0.884 bits per heavy atom. The lowest BCUT2D eigenvalue weighted by atomic mass is 9.99. The van der Waals surface area contributed by atoms with E-state index in [-0.39, 0.29) is 17.9 Å². The first-order valence-corrected chi connectivity index (χ1v) is 16.6. The van der Waals surface area contributed by atoms with E-state index < -0.39 is 0 Å². The number of carbonyl (C=O) groups excluding carboxylic acids is 1. The predicted molar refractivity (Wildman–Crippen MR) is 172 cm³/mol. The van der Waals surface area contributed by atoms with Gasteiger partial charge in [-0.15, -0.1) is 0 Å². The van der Waals surface area contributed by atoms with Crippen molar-refractivity contribution in [3.8, 4) is 5.75 Å². The Kier molecular flexibility index (Phi) is 8.07. The van der Waals surface area contributed by atoms with E-state index in [1.807, 2.05) is 13.2 Å². The minimum absolute atomic E-state index is 0.0375. The first-order valence-electron chi connectivity index (χ1n) is 16.6. The summed E-state index contributed by atoms with van der Waals surface area (Å²) in [6.45, 7) is 6.85. The van der Waals surface area contributed by atoms with E-state index in [2.05, 4.69) is 50.2 Å². The van der Waals surface area contributed by atoms with Gasteiger partial charge in [0, 0.05) is 76.2 Å². The number of methoxy groups -OCH3 is 1. The molecule has 2 saturated carbocycles. The number of carbonyl (C=O) groups is 1. The van der Waals surface area contributed by atoms with Gasteiger partial charge in [0.25, 0.3) is 0 Å². The van der Waals surface area contributed by atoms with Gasteiger partial charge in [-0.2, -0.15) is 4.98 Å². The van der Waals surface area contributed by atoms with Gasteiger partial charge in [0.05, 0.1) is 24.9 Å². The number of aromatic nitrogens is 2. The van der Waals surface area contributed by atoms with Gasteiger partial charge in [-0.25, -0.2) is 4.98 Å². The molecule has 0 spiro atoms. The Morgan fingerprint density at radius 2 is 1.65 bits per heavy atom. The van der Waals surface area contributed by atoms with Crippen molar-refractivity contribution in [1.82, 2.24) is 19.8 Å². The quantitative estimate of drug-likeness (QED) is 0.530. The van der Waals surface area contributed by atoms with Crippen molar-refractivity contribution in [2.45, 2.75) is 75.9 Å². The molecule has 0 bridgehead atoms. The van der Waals surface area contributed by atoms with Gasteiger partial charge < -0.3 is 29.7 Å². The highest BCUT2D eigenvalue weighted by atomic mass is 16.5. The number of benzene rings is 1. The average Bonchev–Trinajstić information content (AvgIpc) is 3.74. The standard InChI is InChI=1S/C33H48N8O2/c1-37-17-19-40(20-18-37)23-13-15-39(16-14-23)25-11-12-27(30(21-25)43-3)35-33-34-22-29-31(36-33)41(24-7-4-5-8-24)28-10-6-9-26(28)32(42)38(29)2/h11-12,21-24,26,28H,4-10,13-20H2,1-3H3,(H,34,35,36). The van der Waals surface area contributed by atoms with E-state index in [1.54, 1.807) is 12.0 Å². The number of nitrogens with one attached hydrogen (secondary N) is 1. The molecule has 10 nitrogen and oxygen atoms in total. The number of likely N-dealkylation sites (N-methyl/N-ethyl adjacent to an activating group) is 1. The van der Waals surface area contributed by atoms with Crippen LogP contribution in [0, 0.1) is 5.92 Å². The van der Waals surface area contributed by atoms with E-state index in [1.165, 1.54) is 57.5 Å². The minimum Gasteiger partial charge on any atom is -0.494 e. The summed E-state index contributed by atoms with van der Waals surface area (Å²) in [4.78, 5) is 35.2. The third-order valence-electron chi connectivity index (χ3n) is 10.9. The monoisotopic (exact) mass is 588 g/mol. The number of piperidine rings is 1. The predicted octanol–water partition coefficient (Wildman–Crippen LogP) is 4.34. The maximum Gasteiger partial charge on any atom is 0.232 e. The Bertz CT molecular complexity index is 1300. The van der Waals surface area contributed by atoms with Crippen molar-refractivity contribution >= 4 is 34.7 Å². The second-order valence-corrected chi connectivity index (χ2v) is 13.3. The number of rotatable bonds is 6. The lowest BCUT2D eigenvalue weighted by Gasteiger charge is -2.42. The molecule has 2 atom stereocenters. The highest BCUT2D eigenvalue weighted by Crippen LogP contribution is 2.45. The lowest BCUT2D eigenvalue weighted by Crippen LogP contribution is -2.52. The van der Waals surface area contributed by atoms with E-state index in [0.717, 1.165) is 68.1 Å². The first kappa shape index (κ1) is 28.6. The molecule has 2 unspecified atom stereocenters. The average molecular weight is 589 g/mol. The van der Waals surface area contributed by atoms with Crippen LogP contribution in [0.2, 0.25) is 0 Å². The number of piperazine rings is 1. The molecule has 232 valence electrons. The molecule has 4 fully saturated rings. The smallest absolute Gasteiger partial charge is 0.232 e. The van der Waals surface area contributed by atoms with Crippen molar-refractivity contribution in [3.63, 3.8) is 0 Å². The molecule has 4 heterocycles. The molecule has 0 radical (unpaired) electrons. The van der Waals surface area contributed by atoms with Crippen molar-refractivity contribution in [3.05, 3.63) is 24.4 Å². The Morgan fingerprint density at radius 3 is 2.40 bits per heavy atom. The normalized spacial score (nSPS) is 26.0. The summed E-state index contributed by atoms with van der Waals surface area (Å²) in [6.07, 6.45) is 12.1. The van der Waals surface area contributed by atoms with Gasteiger partial charge in [-0.1, -0.05) is 19.3 Å². The summed E-state index contributed by atoms with van der Waals surface area (Å²) in [7, 11) is 5.84. The van der Waals surface area contributed by atoms with Crippen LogP contribution in [0.3, 0.4) is 0 Å².